The van der Waals surface area contributed by atoms with Crippen molar-refractivity contribution in [1.82, 2.24) is 5.32 Å². The van der Waals surface area contributed by atoms with Gasteiger partial charge >= 0.3 is 0 Å². The Kier molecular flexibility index (Phi) is 1.88. The number of nitrogens with zero attached hydrogens (tertiary/aromatic N) is 2. The molecule has 0 saturated heterocycles. The topological polar surface area (TPSA) is 36.8 Å². The maximum Gasteiger partial charge on any atom is 0.134 e. The fraction of sp³-hybridized carbons (Fsp3) is 0.333. The minimum absolute atomic E-state index is 0.0758. The highest BCUT2D eigenvalue weighted by atomic mass is 127. The Bertz CT molecular complexity index is 271. The van der Waals surface area contributed by atoms with Crippen LogP contribution in [0.5, 0.6) is 0 Å². The van der Waals surface area contributed by atoms with E-state index in [0.29, 0.717) is 5.17 Å². The lowest BCUT2D eigenvalue weighted by Gasteiger charge is -2.17. The standard InChI is InChI=1S/C6H5ClIN3/c7-5-4-3(8)1-9-6(4)11-2-10-5/h1-2,4,6,9H. The molecule has 0 spiro atoms. The van der Waals surface area contributed by atoms with Gasteiger partial charge < -0.3 is 5.32 Å². The molecule has 2 unspecified atom stereocenters. The van der Waals surface area contributed by atoms with Crippen molar-refractivity contribution in [3.8, 4) is 0 Å². The molecule has 2 aliphatic rings. The van der Waals surface area contributed by atoms with E-state index in [2.05, 4.69) is 37.9 Å². The first-order valence-electron chi connectivity index (χ1n) is 3.15. The molecule has 0 aromatic carbocycles. The van der Waals surface area contributed by atoms with Crippen molar-refractivity contribution in [2.75, 3.05) is 0 Å². The average molecular weight is 281 g/mol. The summed E-state index contributed by atoms with van der Waals surface area (Å²) in [5, 5.41) is 3.73. The van der Waals surface area contributed by atoms with Gasteiger partial charge in [0.15, 0.2) is 0 Å². The zero-order chi connectivity index (χ0) is 7.84. The molecule has 11 heavy (non-hydrogen) atoms. The number of aliphatic imine (C=N–C) groups is 2. The van der Waals surface area contributed by atoms with Crippen LogP contribution in [0.15, 0.2) is 19.8 Å². The fourth-order valence-electron chi connectivity index (χ4n) is 1.12. The first-order valence-corrected chi connectivity index (χ1v) is 4.61. The normalized spacial score (nSPS) is 34.0. The quantitative estimate of drug-likeness (QED) is 0.671. The van der Waals surface area contributed by atoms with Crippen LogP contribution in [0.2, 0.25) is 0 Å². The number of halogens is 2. The summed E-state index contributed by atoms with van der Waals surface area (Å²) in [7, 11) is 0. The third-order valence-corrected chi connectivity index (χ3v) is 2.98. The first kappa shape index (κ1) is 7.54. The minimum Gasteiger partial charge on any atom is -0.368 e. The maximum atomic E-state index is 5.89. The third kappa shape index (κ3) is 1.18. The zero-order valence-corrected chi connectivity index (χ0v) is 8.37. The molecule has 0 saturated carbocycles. The highest BCUT2D eigenvalue weighted by Gasteiger charge is 2.32. The van der Waals surface area contributed by atoms with E-state index in [0.717, 1.165) is 0 Å². The molecule has 0 aliphatic carbocycles. The summed E-state index contributed by atoms with van der Waals surface area (Å²) < 4.78 is 1.16. The number of hydrogen-bond acceptors (Lipinski definition) is 3. The zero-order valence-electron chi connectivity index (χ0n) is 5.46. The molecule has 0 aromatic rings. The molecule has 2 aliphatic heterocycles. The lowest BCUT2D eigenvalue weighted by molar-refractivity contribution is 0.594. The van der Waals surface area contributed by atoms with E-state index in [1.165, 1.54) is 9.92 Å². The number of nitrogens with one attached hydrogen (secondary N) is 1. The van der Waals surface area contributed by atoms with Gasteiger partial charge in [-0.05, 0) is 22.6 Å². The van der Waals surface area contributed by atoms with E-state index in [9.17, 15) is 0 Å². The van der Waals surface area contributed by atoms with Gasteiger partial charge in [-0.15, -0.1) is 0 Å². The molecular weight excluding hydrogens is 276 g/mol. The molecule has 2 heterocycles. The van der Waals surface area contributed by atoms with Gasteiger partial charge in [0.2, 0.25) is 0 Å². The largest absolute Gasteiger partial charge is 0.368 e. The van der Waals surface area contributed by atoms with Crippen LogP contribution in [-0.4, -0.2) is 17.7 Å². The van der Waals surface area contributed by atoms with Gasteiger partial charge in [0.1, 0.15) is 17.7 Å². The van der Waals surface area contributed by atoms with Gasteiger partial charge in [0.05, 0.1) is 5.92 Å². The van der Waals surface area contributed by atoms with Crippen LogP contribution in [0.25, 0.3) is 0 Å². The molecule has 0 bridgehead atoms. The van der Waals surface area contributed by atoms with Crippen LogP contribution in [0.4, 0.5) is 0 Å². The van der Waals surface area contributed by atoms with E-state index < -0.39 is 0 Å². The first-order chi connectivity index (χ1) is 5.29. The summed E-state index contributed by atoms with van der Waals surface area (Å²) >= 11 is 8.13. The second-order valence-corrected chi connectivity index (χ2v) is 3.97. The second-order valence-electron chi connectivity index (χ2n) is 2.33. The van der Waals surface area contributed by atoms with Crippen molar-refractivity contribution in [1.29, 1.82) is 0 Å². The summed E-state index contributed by atoms with van der Waals surface area (Å²) in [6.45, 7) is 0. The van der Waals surface area contributed by atoms with Crippen LogP contribution in [0, 0.1) is 5.92 Å². The molecule has 0 amide bonds. The van der Waals surface area contributed by atoms with Crippen molar-refractivity contribution in [3.05, 3.63) is 9.78 Å². The Labute approximate surface area is 82.8 Å². The van der Waals surface area contributed by atoms with Gasteiger partial charge in [-0.3, -0.25) is 0 Å². The minimum atomic E-state index is 0.0758. The number of hydrogen-bond donors (Lipinski definition) is 1. The molecule has 58 valence electrons. The maximum absolute atomic E-state index is 5.89. The molecule has 2 rings (SSSR count). The van der Waals surface area contributed by atoms with Crippen LogP contribution >= 0.6 is 34.2 Å². The van der Waals surface area contributed by atoms with Crippen LogP contribution in [0.1, 0.15) is 0 Å². The summed E-state index contributed by atoms with van der Waals surface area (Å²) in [6.07, 6.45) is 3.50. The van der Waals surface area contributed by atoms with E-state index in [4.69, 9.17) is 11.6 Å². The van der Waals surface area contributed by atoms with Gasteiger partial charge in [0, 0.05) is 9.78 Å². The molecule has 3 nitrogen and oxygen atoms in total. The molecule has 2 atom stereocenters. The predicted molar refractivity (Wildman–Crippen MR) is 54.3 cm³/mol. The van der Waals surface area contributed by atoms with Crippen molar-refractivity contribution < 1.29 is 0 Å². The number of fused-ring (bicyclic) bond motifs is 1. The molecule has 5 heteroatoms. The molecule has 1 N–H and O–H groups in total. The van der Waals surface area contributed by atoms with Crippen LogP contribution in [0.3, 0.4) is 0 Å². The Morgan fingerprint density at radius 2 is 2.45 bits per heavy atom. The molecule has 0 aromatic heterocycles. The van der Waals surface area contributed by atoms with Crippen molar-refractivity contribution in [2.24, 2.45) is 15.9 Å². The lowest BCUT2D eigenvalue weighted by atomic mass is 10.1. The van der Waals surface area contributed by atoms with E-state index in [-0.39, 0.29) is 12.1 Å². The summed E-state index contributed by atoms with van der Waals surface area (Å²) in [4.78, 5) is 8.06. The molecule has 0 fully saturated rings. The fourth-order valence-corrected chi connectivity index (χ4v) is 2.40. The Hall–Kier alpha value is -0.100. The second kappa shape index (κ2) is 2.75. The predicted octanol–water partition coefficient (Wildman–Crippen LogP) is 1.49. The van der Waals surface area contributed by atoms with Gasteiger partial charge in [-0.1, -0.05) is 11.6 Å². The SMILES string of the molecule is ClC1=NC=NC2NC=C(I)C12. The third-order valence-electron chi connectivity index (χ3n) is 1.67. The van der Waals surface area contributed by atoms with E-state index in [1.807, 2.05) is 6.20 Å². The highest BCUT2D eigenvalue weighted by Crippen LogP contribution is 2.31. The Balaban J connectivity index is 2.33. The Morgan fingerprint density at radius 3 is 3.18 bits per heavy atom. The summed E-state index contributed by atoms with van der Waals surface area (Å²) in [5.74, 6) is 0.155. The van der Waals surface area contributed by atoms with Crippen molar-refractivity contribution in [2.45, 2.75) is 6.17 Å². The van der Waals surface area contributed by atoms with Gasteiger partial charge in [0.25, 0.3) is 0 Å². The highest BCUT2D eigenvalue weighted by molar-refractivity contribution is 14.1. The monoisotopic (exact) mass is 281 g/mol. The van der Waals surface area contributed by atoms with E-state index in [1.54, 1.807) is 0 Å². The van der Waals surface area contributed by atoms with E-state index >= 15 is 0 Å². The van der Waals surface area contributed by atoms with Crippen molar-refractivity contribution >= 4 is 45.7 Å². The van der Waals surface area contributed by atoms with Gasteiger partial charge in [-0.25, -0.2) is 9.98 Å². The average Bonchev–Trinajstić information content (AvgIpc) is 2.34. The lowest BCUT2D eigenvalue weighted by Crippen LogP contribution is -2.31. The molecular formula is C6H5ClIN3. The number of rotatable bonds is 0. The summed E-state index contributed by atoms with van der Waals surface area (Å²) in [6, 6.07) is 0. The van der Waals surface area contributed by atoms with Crippen LogP contribution in [-0.2, 0) is 0 Å². The van der Waals surface area contributed by atoms with Crippen LogP contribution < -0.4 is 5.32 Å². The Morgan fingerprint density at radius 1 is 1.64 bits per heavy atom. The molecule has 0 radical (unpaired) electrons. The summed E-state index contributed by atoms with van der Waals surface area (Å²) in [5.41, 5.74) is 0. The van der Waals surface area contributed by atoms with Gasteiger partial charge in [-0.2, -0.15) is 0 Å². The van der Waals surface area contributed by atoms with Crippen molar-refractivity contribution in [3.63, 3.8) is 0 Å². The smallest absolute Gasteiger partial charge is 0.134 e.